The van der Waals surface area contributed by atoms with Crippen LogP contribution in [0.5, 0.6) is 0 Å². The van der Waals surface area contributed by atoms with Crippen molar-refractivity contribution in [3.05, 3.63) is 12.2 Å². The molecule has 0 radical (unpaired) electrons. The average Bonchev–Trinajstić information content (AvgIpc) is 2.58. The van der Waals surface area contributed by atoms with Crippen LogP contribution < -0.4 is 0 Å². The predicted molar refractivity (Wildman–Crippen MR) is 107 cm³/mol. The topological polar surface area (TPSA) is 98.0 Å². The molecule has 0 saturated carbocycles. The molecule has 0 saturated heterocycles. The molecule has 0 atom stereocenters. The molecule has 0 unspecified atom stereocenters. The summed E-state index contributed by atoms with van der Waals surface area (Å²) in [6.07, 6.45) is 21.2. The molecule has 0 aromatic rings. The SMILES string of the molecule is CCC(O)(O)O.CCCCCCCC/C=C\CCCCCCCC(=O)O. The minimum Gasteiger partial charge on any atom is -0.481 e. The maximum Gasteiger partial charge on any atom is 0.303 e. The molecule has 0 aliphatic carbocycles. The zero-order chi connectivity index (χ0) is 20.1. The molecule has 0 fully saturated rings. The highest BCUT2D eigenvalue weighted by molar-refractivity contribution is 5.66. The molecule has 5 nitrogen and oxygen atoms in total. The summed E-state index contributed by atoms with van der Waals surface area (Å²) in [4.78, 5) is 10.3. The maximum atomic E-state index is 10.3. The van der Waals surface area contributed by atoms with E-state index in [0.29, 0.717) is 6.42 Å². The monoisotopic (exact) mass is 374 g/mol. The van der Waals surface area contributed by atoms with Crippen LogP contribution >= 0.6 is 0 Å². The Morgan fingerprint density at radius 1 is 0.731 bits per heavy atom. The van der Waals surface area contributed by atoms with Gasteiger partial charge in [0.25, 0.3) is 5.97 Å². The van der Waals surface area contributed by atoms with Crippen LogP contribution in [0.1, 0.15) is 110 Å². The standard InChI is InChI=1S/C18H34O2.C3H8O3/c1-2-3-4-5-6-7-8-9-10-11-12-13-14-15-16-17-18(19)20;1-2-3(4,5)6/h9-10H,2-8,11-17H2,1H3,(H,19,20);4-6H,2H2,1H3/b10-9-;. The summed E-state index contributed by atoms with van der Waals surface area (Å²) in [6, 6.07) is 0. The minimum absolute atomic E-state index is 0.0625. The van der Waals surface area contributed by atoms with Crippen LogP contribution in [0.3, 0.4) is 0 Å². The van der Waals surface area contributed by atoms with Crippen LogP contribution in [-0.2, 0) is 4.79 Å². The summed E-state index contributed by atoms with van der Waals surface area (Å²) in [7, 11) is 0. The first-order valence-electron chi connectivity index (χ1n) is 10.4. The number of aliphatic hydroxyl groups is 3. The van der Waals surface area contributed by atoms with Gasteiger partial charge in [-0.1, -0.05) is 77.4 Å². The largest absolute Gasteiger partial charge is 0.481 e. The maximum absolute atomic E-state index is 10.3. The second-order valence-corrected chi connectivity index (χ2v) is 6.86. The Hall–Kier alpha value is -0.910. The molecule has 26 heavy (non-hydrogen) atoms. The molecule has 0 aromatic heterocycles. The van der Waals surface area contributed by atoms with E-state index in [9.17, 15) is 4.79 Å². The highest BCUT2D eigenvalue weighted by Gasteiger charge is 2.11. The number of allylic oxidation sites excluding steroid dienone is 2. The lowest BCUT2D eigenvalue weighted by Gasteiger charge is -2.08. The lowest BCUT2D eigenvalue weighted by Crippen LogP contribution is -2.24. The molecule has 5 heteroatoms. The highest BCUT2D eigenvalue weighted by atomic mass is 16.7. The van der Waals surface area contributed by atoms with Crippen molar-refractivity contribution in [2.75, 3.05) is 0 Å². The van der Waals surface area contributed by atoms with Crippen LogP contribution in [0.4, 0.5) is 0 Å². The third kappa shape index (κ3) is 30.9. The molecule has 0 spiro atoms. The van der Waals surface area contributed by atoms with Crippen molar-refractivity contribution in [2.45, 2.75) is 116 Å². The fraction of sp³-hybridized carbons (Fsp3) is 0.857. The van der Waals surface area contributed by atoms with Gasteiger partial charge in [0.05, 0.1) is 0 Å². The fourth-order valence-corrected chi connectivity index (χ4v) is 2.35. The van der Waals surface area contributed by atoms with E-state index in [0.717, 1.165) is 12.8 Å². The molecule has 0 heterocycles. The quantitative estimate of drug-likeness (QED) is 0.170. The first-order valence-corrected chi connectivity index (χ1v) is 10.4. The number of rotatable bonds is 16. The Balaban J connectivity index is 0. The van der Waals surface area contributed by atoms with Crippen molar-refractivity contribution in [1.82, 2.24) is 0 Å². The first kappa shape index (κ1) is 27.3. The van der Waals surface area contributed by atoms with E-state index < -0.39 is 11.9 Å². The average molecular weight is 375 g/mol. The van der Waals surface area contributed by atoms with Gasteiger partial charge in [-0.05, 0) is 32.1 Å². The Kier molecular flexibility index (Phi) is 21.4. The number of unbranched alkanes of at least 4 members (excludes halogenated alkanes) is 11. The van der Waals surface area contributed by atoms with E-state index in [1.807, 2.05) is 0 Å². The van der Waals surface area contributed by atoms with Crippen LogP contribution in [-0.4, -0.2) is 32.4 Å². The molecule has 0 amide bonds. The third-order valence-electron chi connectivity index (χ3n) is 4.13. The van der Waals surface area contributed by atoms with Gasteiger partial charge in [-0.2, -0.15) is 0 Å². The van der Waals surface area contributed by atoms with Crippen LogP contribution in [0.2, 0.25) is 0 Å². The van der Waals surface area contributed by atoms with E-state index in [1.165, 1.54) is 77.6 Å². The van der Waals surface area contributed by atoms with Gasteiger partial charge in [0.2, 0.25) is 0 Å². The van der Waals surface area contributed by atoms with Gasteiger partial charge >= 0.3 is 5.97 Å². The molecule has 156 valence electrons. The summed E-state index contributed by atoms with van der Waals surface area (Å²) >= 11 is 0. The Bertz CT molecular complexity index is 321. The van der Waals surface area contributed by atoms with E-state index in [4.69, 9.17) is 20.4 Å². The Morgan fingerprint density at radius 3 is 1.50 bits per heavy atom. The van der Waals surface area contributed by atoms with Gasteiger partial charge < -0.3 is 20.4 Å². The number of aliphatic carboxylic acids is 1. The van der Waals surface area contributed by atoms with Gasteiger partial charge in [0, 0.05) is 12.8 Å². The molecule has 0 aliphatic heterocycles. The summed E-state index contributed by atoms with van der Waals surface area (Å²) in [5.74, 6) is -3.12. The molecule has 0 bridgehead atoms. The number of hydrogen-bond acceptors (Lipinski definition) is 4. The van der Waals surface area contributed by atoms with Crippen molar-refractivity contribution in [3.8, 4) is 0 Å². The summed E-state index contributed by atoms with van der Waals surface area (Å²) < 4.78 is 0. The molecular formula is C21H42O5. The lowest BCUT2D eigenvalue weighted by atomic mass is 10.1. The minimum atomic E-state index is -2.46. The van der Waals surface area contributed by atoms with Gasteiger partial charge in [-0.15, -0.1) is 0 Å². The fourth-order valence-electron chi connectivity index (χ4n) is 2.35. The smallest absolute Gasteiger partial charge is 0.303 e. The van der Waals surface area contributed by atoms with Crippen molar-refractivity contribution in [1.29, 1.82) is 0 Å². The van der Waals surface area contributed by atoms with Gasteiger partial charge in [-0.25, -0.2) is 0 Å². The second kappa shape index (κ2) is 20.4. The molecule has 0 aliphatic rings. The third-order valence-corrected chi connectivity index (χ3v) is 4.13. The highest BCUT2D eigenvalue weighted by Crippen LogP contribution is 2.09. The molecular weight excluding hydrogens is 332 g/mol. The molecule has 0 aromatic carbocycles. The Morgan fingerprint density at radius 2 is 1.12 bits per heavy atom. The lowest BCUT2D eigenvalue weighted by molar-refractivity contribution is -0.312. The van der Waals surface area contributed by atoms with E-state index in [1.54, 1.807) is 0 Å². The predicted octanol–water partition coefficient (Wildman–Crippen LogP) is 5.14. The summed E-state index contributed by atoms with van der Waals surface area (Å²) in [6.45, 7) is 3.72. The van der Waals surface area contributed by atoms with Crippen molar-refractivity contribution in [2.24, 2.45) is 0 Å². The van der Waals surface area contributed by atoms with Crippen LogP contribution in [0, 0.1) is 0 Å². The summed E-state index contributed by atoms with van der Waals surface area (Å²) in [5, 5.41) is 32.3. The van der Waals surface area contributed by atoms with E-state index in [-0.39, 0.29) is 6.42 Å². The van der Waals surface area contributed by atoms with Gasteiger partial charge in [-0.3, -0.25) is 4.79 Å². The van der Waals surface area contributed by atoms with Crippen LogP contribution in [0.15, 0.2) is 12.2 Å². The van der Waals surface area contributed by atoms with Gasteiger partial charge in [0.1, 0.15) is 0 Å². The van der Waals surface area contributed by atoms with E-state index >= 15 is 0 Å². The molecule has 4 N–H and O–H groups in total. The van der Waals surface area contributed by atoms with Crippen LogP contribution in [0.25, 0.3) is 0 Å². The Labute approximate surface area is 160 Å². The van der Waals surface area contributed by atoms with Gasteiger partial charge in [0.15, 0.2) is 0 Å². The van der Waals surface area contributed by atoms with E-state index in [2.05, 4.69) is 19.1 Å². The zero-order valence-corrected chi connectivity index (χ0v) is 17.0. The van der Waals surface area contributed by atoms with Crippen molar-refractivity contribution >= 4 is 5.97 Å². The second-order valence-electron chi connectivity index (χ2n) is 6.86. The first-order chi connectivity index (χ1) is 12.3. The summed E-state index contributed by atoms with van der Waals surface area (Å²) in [5.41, 5.74) is 0. The van der Waals surface area contributed by atoms with Crippen molar-refractivity contribution < 1.29 is 25.2 Å². The number of carbonyl (C=O) groups is 1. The van der Waals surface area contributed by atoms with Crippen molar-refractivity contribution in [3.63, 3.8) is 0 Å². The zero-order valence-electron chi connectivity index (χ0n) is 17.0. The number of carboxylic acids is 1. The number of hydrogen-bond donors (Lipinski definition) is 4. The normalized spacial score (nSPS) is 11.4. The molecule has 0 rings (SSSR count). The number of carboxylic acid groups (broad SMARTS) is 1.